The number of halogens is 4. The molecular weight excluding hydrogens is 386 g/mol. The molecule has 1 fully saturated rings. The Morgan fingerprint density at radius 1 is 1.30 bits per heavy atom. The molecule has 1 N–H and O–H groups in total. The van der Waals surface area contributed by atoms with Gasteiger partial charge in [0.25, 0.3) is 0 Å². The van der Waals surface area contributed by atoms with Gasteiger partial charge in [0, 0.05) is 23.7 Å². The SMILES string of the molecule is O=C(NC(N1CCOCC1)C(Cl)(Cl)Cl)OCc1ccccc1Cl. The highest BCUT2D eigenvalue weighted by atomic mass is 35.6. The van der Waals surface area contributed by atoms with Gasteiger partial charge in [-0.3, -0.25) is 4.90 Å². The van der Waals surface area contributed by atoms with E-state index >= 15 is 0 Å². The van der Waals surface area contributed by atoms with E-state index in [0.717, 1.165) is 0 Å². The molecule has 2 rings (SSSR count). The Balaban J connectivity index is 1.93. The van der Waals surface area contributed by atoms with Gasteiger partial charge in [0.05, 0.1) is 13.2 Å². The van der Waals surface area contributed by atoms with Gasteiger partial charge in [-0.15, -0.1) is 0 Å². The minimum Gasteiger partial charge on any atom is -0.445 e. The summed E-state index contributed by atoms with van der Waals surface area (Å²) in [4.78, 5) is 13.8. The second-order valence-electron chi connectivity index (χ2n) is 4.90. The van der Waals surface area contributed by atoms with Gasteiger partial charge in [-0.05, 0) is 6.07 Å². The van der Waals surface area contributed by atoms with Gasteiger partial charge >= 0.3 is 6.09 Å². The van der Waals surface area contributed by atoms with E-state index in [1.165, 1.54) is 0 Å². The van der Waals surface area contributed by atoms with Crippen LogP contribution in [0.15, 0.2) is 24.3 Å². The molecule has 5 nitrogen and oxygen atoms in total. The van der Waals surface area contributed by atoms with Crippen LogP contribution in [0, 0.1) is 0 Å². The zero-order chi connectivity index (χ0) is 16.9. The van der Waals surface area contributed by atoms with E-state index in [9.17, 15) is 4.79 Å². The zero-order valence-corrected chi connectivity index (χ0v) is 15.1. The lowest BCUT2D eigenvalue weighted by atomic mass is 10.2. The van der Waals surface area contributed by atoms with Crippen molar-refractivity contribution in [1.29, 1.82) is 0 Å². The fraction of sp³-hybridized carbons (Fsp3) is 0.500. The fourth-order valence-electron chi connectivity index (χ4n) is 2.13. The minimum absolute atomic E-state index is 0.0290. The summed E-state index contributed by atoms with van der Waals surface area (Å²) in [5.74, 6) is 0. The van der Waals surface area contributed by atoms with Gasteiger partial charge < -0.3 is 14.8 Å². The van der Waals surface area contributed by atoms with Crippen molar-refractivity contribution in [2.45, 2.75) is 16.6 Å². The maximum absolute atomic E-state index is 12.0. The Morgan fingerprint density at radius 3 is 2.57 bits per heavy atom. The predicted molar refractivity (Wildman–Crippen MR) is 91.2 cm³/mol. The molecule has 1 saturated heterocycles. The van der Waals surface area contributed by atoms with E-state index in [1.54, 1.807) is 24.3 Å². The molecule has 0 saturated carbocycles. The highest BCUT2D eigenvalue weighted by Crippen LogP contribution is 2.32. The maximum Gasteiger partial charge on any atom is 0.408 e. The molecule has 1 atom stereocenters. The summed E-state index contributed by atoms with van der Waals surface area (Å²) in [5, 5.41) is 3.11. The molecule has 1 aromatic carbocycles. The van der Waals surface area contributed by atoms with E-state index in [1.807, 2.05) is 4.90 Å². The molecule has 1 heterocycles. The zero-order valence-electron chi connectivity index (χ0n) is 12.1. The minimum atomic E-state index is -1.69. The standard InChI is InChI=1S/C14H16Cl4N2O3/c15-11-4-2-1-3-10(11)9-23-13(21)19-12(14(16,17)18)20-5-7-22-8-6-20/h1-4,12H,5-9H2,(H,19,21). The van der Waals surface area contributed by atoms with Crippen molar-refractivity contribution in [2.24, 2.45) is 0 Å². The molecule has 1 aromatic rings. The van der Waals surface area contributed by atoms with Crippen molar-refractivity contribution in [3.63, 3.8) is 0 Å². The first-order chi connectivity index (χ1) is 10.9. The molecule has 128 valence electrons. The molecule has 0 aliphatic carbocycles. The first-order valence-corrected chi connectivity index (χ1v) is 8.44. The summed E-state index contributed by atoms with van der Waals surface area (Å²) >= 11 is 23.9. The number of nitrogens with zero attached hydrogens (tertiary/aromatic N) is 1. The summed E-state index contributed by atoms with van der Waals surface area (Å²) in [6.45, 7) is 2.13. The molecule has 1 aliphatic heterocycles. The van der Waals surface area contributed by atoms with Crippen molar-refractivity contribution < 1.29 is 14.3 Å². The normalized spacial score (nSPS) is 17.6. The van der Waals surface area contributed by atoms with Crippen molar-refractivity contribution in [3.05, 3.63) is 34.9 Å². The van der Waals surface area contributed by atoms with Gasteiger partial charge in [0.15, 0.2) is 0 Å². The van der Waals surface area contributed by atoms with Gasteiger partial charge in [0.2, 0.25) is 3.79 Å². The number of ether oxygens (including phenoxy) is 2. The summed E-state index contributed by atoms with van der Waals surface area (Å²) < 4.78 is 8.72. The Hall–Kier alpha value is -0.430. The van der Waals surface area contributed by atoms with Crippen molar-refractivity contribution >= 4 is 52.5 Å². The lowest BCUT2D eigenvalue weighted by molar-refractivity contribution is 0.00867. The molecule has 0 aromatic heterocycles. The average molecular weight is 402 g/mol. The summed E-state index contributed by atoms with van der Waals surface area (Å²) in [7, 11) is 0. The Bertz CT molecular complexity index is 533. The van der Waals surface area contributed by atoms with Crippen LogP contribution in [0.4, 0.5) is 4.79 Å². The highest BCUT2D eigenvalue weighted by Gasteiger charge is 2.39. The third-order valence-corrected chi connectivity index (χ3v) is 4.28. The Kier molecular flexibility index (Phi) is 7.07. The second kappa shape index (κ2) is 8.60. The third-order valence-electron chi connectivity index (χ3n) is 3.29. The molecule has 23 heavy (non-hydrogen) atoms. The van der Waals surface area contributed by atoms with Gasteiger partial charge in [-0.2, -0.15) is 0 Å². The number of hydrogen-bond donors (Lipinski definition) is 1. The lowest BCUT2D eigenvalue weighted by Gasteiger charge is -2.37. The Morgan fingerprint density at radius 2 is 1.96 bits per heavy atom. The second-order valence-corrected chi connectivity index (χ2v) is 7.68. The average Bonchev–Trinajstić information content (AvgIpc) is 2.51. The lowest BCUT2D eigenvalue weighted by Crippen LogP contribution is -2.58. The van der Waals surface area contributed by atoms with E-state index in [4.69, 9.17) is 55.9 Å². The largest absolute Gasteiger partial charge is 0.445 e. The van der Waals surface area contributed by atoms with Crippen LogP contribution >= 0.6 is 46.4 Å². The summed E-state index contributed by atoms with van der Waals surface area (Å²) in [6.07, 6.45) is -1.50. The smallest absolute Gasteiger partial charge is 0.408 e. The van der Waals surface area contributed by atoms with Crippen LogP contribution in [0.25, 0.3) is 0 Å². The van der Waals surface area contributed by atoms with Crippen LogP contribution in [0.2, 0.25) is 5.02 Å². The highest BCUT2D eigenvalue weighted by molar-refractivity contribution is 6.68. The first kappa shape index (κ1) is 18.9. The molecule has 0 spiro atoms. The maximum atomic E-state index is 12.0. The number of carbonyl (C=O) groups excluding carboxylic acids is 1. The van der Waals surface area contributed by atoms with Crippen LogP contribution in [-0.4, -0.2) is 47.3 Å². The van der Waals surface area contributed by atoms with Gasteiger partial charge in [0.1, 0.15) is 12.8 Å². The number of carbonyl (C=O) groups is 1. The van der Waals surface area contributed by atoms with E-state index in [2.05, 4.69) is 5.32 Å². The van der Waals surface area contributed by atoms with Crippen LogP contribution in [0.5, 0.6) is 0 Å². The van der Waals surface area contributed by atoms with Crippen LogP contribution < -0.4 is 5.32 Å². The summed E-state index contributed by atoms with van der Waals surface area (Å²) in [6, 6.07) is 7.09. The molecular formula is C14H16Cl4N2O3. The molecule has 9 heteroatoms. The monoisotopic (exact) mass is 400 g/mol. The van der Waals surface area contributed by atoms with Gasteiger partial charge in [-0.1, -0.05) is 64.6 Å². The number of morpholine rings is 1. The summed E-state index contributed by atoms with van der Waals surface area (Å²) in [5.41, 5.74) is 0.695. The third kappa shape index (κ3) is 5.85. The topological polar surface area (TPSA) is 50.8 Å². The fourth-order valence-corrected chi connectivity index (χ4v) is 2.90. The van der Waals surface area contributed by atoms with Crippen molar-refractivity contribution in [3.8, 4) is 0 Å². The molecule has 0 bridgehead atoms. The number of alkyl carbamates (subject to hydrolysis) is 1. The number of alkyl halides is 3. The van der Waals surface area contributed by atoms with Crippen LogP contribution in [0.3, 0.4) is 0 Å². The van der Waals surface area contributed by atoms with Crippen molar-refractivity contribution in [1.82, 2.24) is 10.2 Å². The molecule has 1 amide bonds. The molecule has 1 aliphatic rings. The first-order valence-electron chi connectivity index (χ1n) is 6.93. The van der Waals surface area contributed by atoms with Crippen molar-refractivity contribution in [2.75, 3.05) is 26.3 Å². The number of amides is 1. The van der Waals surface area contributed by atoms with E-state index in [-0.39, 0.29) is 6.61 Å². The quantitative estimate of drug-likeness (QED) is 0.783. The van der Waals surface area contributed by atoms with Crippen LogP contribution in [0.1, 0.15) is 5.56 Å². The van der Waals surface area contributed by atoms with E-state index < -0.39 is 16.1 Å². The number of rotatable bonds is 4. The van der Waals surface area contributed by atoms with Gasteiger partial charge in [-0.25, -0.2) is 4.79 Å². The Labute approximate surface area is 154 Å². The number of nitrogens with one attached hydrogen (secondary N) is 1. The number of benzene rings is 1. The van der Waals surface area contributed by atoms with E-state index in [0.29, 0.717) is 36.9 Å². The predicted octanol–water partition coefficient (Wildman–Crippen LogP) is 3.59. The molecule has 1 unspecified atom stereocenters. The number of hydrogen-bond acceptors (Lipinski definition) is 4. The van der Waals surface area contributed by atoms with Crippen LogP contribution in [-0.2, 0) is 16.1 Å². The molecule has 0 radical (unpaired) electrons.